The molecule has 4 aromatic carbocycles. The molecule has 1 heterocycles. The molecule has 2 aliphatic carbocycles. The Morgan fingerprint density at radius 2 is 1.01 bits per heavy atom. The number of hydrogen-bond donors (Lipinski definition) is 0. The summed E-state index contributed by atoms with van der Waals surface area (Å²) in [5, 5.41) is 7.47. The Bertz CT molecular complexity index is 2990. The van der Waals surface area contributed by atoms with Crippen molar-refractivity contribution < 1.29 is 76.1 Å². The Hall–Kier alpha value is -7.91. The van der Waals surface area contributed by atoms with E-state index in [0.717, 1.165) is 159 Å². The van der Waals surface area contributed by atoms with Gasteiger partial charge in [0.15, 0.2) is 0 Å². The smallest absolute Gasteiger partial charge is 0.330 e. The molecule has 0 radical (unpaired) electrons. The van der Waals surface area contributed by atoms with Crippen molar-refractivity contribution in [3.8, 4) is 28.7 Å². The minimum atomic E-state index is -0.478. The number of ether oxygens (including phenoxy) is 11. The van der Waals surface area contributed by atoms with Crippen LogP contribution >= 0.6 is 11.3 Å². The number of benzene rings is 4. The molecule has 2 fully saturated rings. The SMILES string of the molecule is C=CC(=O)OCCCCCCOc1ccc(OC(=O)C2CCC(COC)CC2)cc1.C=CC(=O)OCCCCCCOc1ccc(OC(=O)C2CCC(COc3ccc(C)cc3/C=N/N(CCOCCOCCOC(=O)C=C)c3nc4ccccc4s3)CC2)cc1. The van der Waals surface area contributed by atoms with E-state index in [9.17, 15) is 24.0 Å². The van der Waals surface area contributed by atoms with Crippen molar-refractivity contribution >= 4 is 62.7 Å². The van der Waals surface area contributed by atoms with Crippen molar-refractivity contribution in [2.75, 3.05) is 91.3 Å². The molecule has 0 unspecified atom stereocenters. The van der Waals surface area contributed by atoms with E-state index in [-0.39, 0.29) is 43.0 Å². The lowest BCUT2D eigenvalue weighted by molar-refractivity contribution is -0.141. The fourth-order valence-corrected chi connectivity index (χ4v) is 11.0. The van der Waals surface area contributed by atoms with Crippen molar-refractivity contribution in [2.45, 2.75) is 110 Å². The number of methoxy groups -OCH3 is 1. The highest BCUT2D eigenvalue weighted by molar-refractivity contribution is 7.22. The molecule has 2 aliphatic rings. The van der Waals surface area contributed by atoms with Gasteiger partial charge in [-0.05, 0) is 194 Å². The molecule has 0 saturated heterocycles. The van der Waals surface area contributed by atoms with Gasteiger partial charge in [0.2, 0.25) is 5.13 Å². The molecule has 2 saturated carbocycles. The van der Waals surface area contributed by atoms with Crippen LogP contribution in [-0.4, -0.2) is 127 Å². The number of thiazole rings is 1. The standard InChI is InChI=1S/C47H57N3O10S.C24H34O6/c1-4-44(51)57-26-11-7-6-10-25-56-39-19-21-40(22-20-39)60-46(53)37-17-15-36(16-18-37)34-59-42-23-14-35(3)32-38(42)33-48-50(47-49-41-12-8-9-13-43(41)61-47)24-27-54-28-29-55-30-31-58-45(52)5-2;1-3-23(25)29-17-7-5-4-6-16-28-21-12-14-22(15-13-21)30-24(26)20-10-8-19(9-11-20)18-27-2/h4-5,8-9,12-14,19-23,32-33,36-37H,1-2,6-7,10-11,15-18,24-31,34H2,3H3;3,12-15,19-20H,1,4-11,16-18H2,2H3/b48-33+;. The van der Waals surface area contributed by atoms with Crippen LogP contribution in [0, 0.1) is 30.6 Å². The minimum absolute atomic E-state index is 0.0191. The first-order valence-electron chi connectivity index (χ1n) is 31.7. The zero-order chi connectivity index (χ0) is 64.7. The van der Waals surface area contributed by atoms with Crippen LogP contribution in [0.15, 0.2) is 134 Å². The van der Waals surface area contributed by atoms with Crippen molar-refractivity contribution in [3.63, 3.8) is 0 Å². The number of carbonyl (C=O) groups excluding carboxylic acids is 5. The van der Waals surface area contributed by atoms with Gasteiger partial charge in [-0.15, -0.1) is 0 Å². The van der Waals surface area contributed by atoms with Crippen molar-refractivity contribution in [2.24, 2.45) is 28.8 Å². The third-order valence-corrected chi connectivity index (χ3v) is 16.3. The Balaban J connectivity index is 0.000000367. The molecule has 0 atom stereocenters. The molecule has 91 heavy (non-hydrogen) atoms. The first-order chi connectivity index (χ1) is 44.4. The molecule has 0 spiro atoms. The highest BCUT2D eigenvalue weighted by Gasteiger charge is 2.30. The number of rotatable bonds is 40. The number of carbonyl (C=O) groups is 5. The van der Waals surface area contributed by atoms with E-state index in [1.54, 1.807) is 42.7 Å². The number of anilines is 1. The fourth-order valence-electron chi connectivity index (χ4n) is 10.1. The maximum Gasteiger partial charge on any atom is 0.330 e. The number of esters is 5. The van der Waals surface area contributed by atoms with Crippen LogP contribution in [0.4, 0.5) is 5.13 Å². The molecule has 5 aromatic rings. The maximum atomic E-state index is 13.1. The quantitative estimate of drug-likeness (QED) is 0.00678. The van der Waals surface area contributed by atoms with E-state index in [4.69, 9.17) is 62.2 Å². The second-order valence-corrected chi connectivity index (χ2v) is 23.2. The van der Waals surface area contributed by atoms with Gasteiger partial charge in [-0.2, -0.15) is 5.10 Å². The summed E-state index contributed by atoms with van der Waals surface area (Å²) in [4.78, 5) is 63.4. The summed E-state index contributed by atoms with van der Waals surface area (Å²) >= 11 is 1.56. The van der Waals surface area contributed by atoms with E-state index >= 15 is 0 Å². The Morgan fingerprint density at radius 3 is 1.53 bits per heavy atom. The van der Waals surface area contributed by atoms with Crippen LogP contribution in [0.25, 0.3) is 10.2 Å². The van der Waals surface area contributed by atoms with Crippen LogP contribution in [-0.2, 0) is 52.4 Å². The van der Waals surface area contributed by atoms with E-state index in [2.05, 4.69) is 25.8 Å². The van der Waals surface area contributed by atoms with Gasteiger partial charge in [0.25, 0.3) is 0 Å². The van der Waals surface area contributed by atoms with E-state index in [0.29, 0.717) is 82.7 Å². The average Bonchev–Trinajstić information content (AvgIpc) is 1.87. The minimum Gasteiger partial charge on any atom is -0.494 e. The van der Waals surface area contributed by atoms with Gasteiger partial charge >= 0.3 is 29.8 Å². The summed E-state index contributed by atoms with van der Waals surface area (Å²) in [6.45, 7) is 17.5. The molecule has 20 heteroatoms. The molecule has 492 valence electrons. The third kappa shape index (κ3) is 28.0. The number of unbranched alkanes of at least 4 members (excludes halogenated alkanes) is 6. The zero-order valence-corrected chi connectivity index (χ0v) is 53.8. The Labute approximate surface area is 540 Å². The van der Waals surface area contributed by atoms with Gasteiger partial charge in [-0.3, -0.25) is 9.59 Å². The second kappa shape index (κ2) is 42.2. The molecule has 19 nitrogen and oxygen atoms in total. The van der Waals surface area contributed by atoms with Crippen LogP contribution in [0.2, 0.25) is 0 Å². The predicted molar refractivity (Wildman–Crippen MR) is 351 cm³/mol. The van der Waals surface area contributed by atoms with E-state index in [1.165, 1.54) is 12.2 Å². The molecular weight excluding hydrogens is 1180 g/mol. The van der Waals surface area contributed by atoms with Crippen molar-refractivity contribution in [1.29, 1.82) is 0 Å². The normalized spacial score (nSPS) is 16.1. The zero-order valence-electron chi connectivity index (χ0n) is 53.0. The largest absolute Gasteiger partial charge is 0.494 e. The van der Waals surface area contributed by atoms with Crippen molar-refractivity contribution in [3.05, 3.63) is 140 Å². The van der Waals surface area contributed by atoms with Crippen LogP contribution < -0.4 is 28.7 Å². The van der Waals surface area contributed by atoms with Crippen LogP contribution in [0.3, 0.4) is 0 Å². The van der Waals surface area contributed by atoms with Gasteiger partial charge in [0.1, 0.15) is 35.4 Å². The monoisotopic (exact) mass is 1270 g/mol. The summed E-state index contributed by atoms with van der Waals surface area (Å²) in [5.74, 6) is 2.39. The molecule has 0 N–H and O–H groups in total. The van der Waals surface area contributed by atoms with Crippen molar-refractivity contribution in [1.82, 2.24) is 4.98 Å². The number of hydrogen-bond acceptors (Lipinski definition) is 20. The number of fused-ring (bicyclic) bond motifs is 1. The fraction of sp³-hybridized carbons (Fsp3) is 0.479. The topological polar surface area (TPSA) is 215 Å². The van der Waals surface area contributed by atoms with Gasteiger partial charge < -0.3 is 52.1 Å². The van der Waals surface area contributed by atoms with Gasteiger partial charge in [-0.25, -0.2) is 24.4 Å². The predicted octanol–water partition coefficient (Wildman–Crippen LogP) is 13.4. The lowest BCUT2D eigenvalue weighted by Crippen LogP contribution is -2.27. The summed E-state index contributed by atoms with van der Waals surface area (Å²) in [7, 11) is 1.72. The summed E-state index contributed by atoms with van der Waals surface area (Å²) in [5.41, 5.74) is 2.84. The third-order valence-electron chi connectivity index (χ3n) is 15.2. The number of aryl methyl sites for hydroxylation is 1. The Kier molecular flexibility index (Phi) is 33.5. The van der Waals surface area contributed by atoms with E-state index < -0.39 is 11.9 Å². The lowest BCUT2D eigenvalue weighted by Gasteiger charge is -2.27. The summed E-state index contributed by atoms with van der Waals surface area (Å²) in [6.07, 6.45) is 19.6. The average molecular weight is 1270 g/mol. The van der Waals surface area contributed by atoms with Crippen LogP contribution in [0.1, 0.15) is 114 Å². The van der Waals surface area contributed by atoms with Gasteiger partial charge in [0, 0.05) is 37.5 Å². The number of hydrazone groups is 1. The molecular formula is C71H91N3O16S. The maximum absolute atomic E-state index is 13.1. The molecule has 0 bridgehead atoms. The highest BCUT2D eigenvalue weighted by Crippen LogP contribution is 2.34. The highest BCUT2D eigenvalue weighted by atomic mass is 32.1. The first kappa shape index (κ1) is 72.2. The first-order valence-corrected chi connectivity index (χ1v) is 32.6. The molecule has 7 rings (SSSR count). The van der Waals surface area contributed by atoms with Gasteiger partial charge in [0.05, 0.1) is 94.3 Å². The van der Waals surface area contributed by atoms with Crippen LogP contribution in [0.5, 0.6) is 28.7 Å². The summed E-state index contributed by atoms with van der Waals surface area (Å²) < 4.78 is 61.7. The second-order valence-electron chi connectivity index (χ2n) is 22.2. The Morgan fingerprint density at radius 1 is 0.538 bits per heavy atom. The number of aromatic nitrogens is 1. The molecule has 1 aromatic heterocycles. The number of para-hydroxylation sites is 1. The number of nitrogens with zero attached hydrogens (tertiary/aromatic N) is 3. The summed E-state index contributed by atoms with van der Waals surface area (Å²) in [6, 6.07) is 28.4. The molecule has 0 amide bonds. The molecule has 0 aliphatic heterocycles. The van der Waals surface area contributed by atoms with Gasteiger partial charge in [-0.1, -0.05) is 54.8 Å². The van der Waals surface area contributed by atoms with E-state index in [1.807, 2.05) is 78.8 Å². The lowest BCUT2D eigenvalue weighted by atomic mass is 9.82.